The average molecular weight is 1380 g/mol. The number of primary amides is 1. The van der Waals surface area contributed by atoms with Crippen LogP contribution >= 0.6 is 68.0 Å². The summed E-state index contributed by atoms with van der Waals surface area (Å²) in [4.78, 5) is 145. The first-order valence-electron chi connectivity index (χ1n) is 29.9. The number of carboxylic acid groups (broad SMARTS) is 1. The van der Waals surface area contributed by atoms with Gasteiger partial charge in [-0.2, -0.15) is 0 Å². The molecule has 3 aliphatic rings. The predicted molar refractivity (Wildman–Crippen MR) is 353 cm³/mol. The van der Waals surface area contributed by atoms with E-state index in [1.807, 2.05) is 6.92 Å². The van der Waals surface area contributed by atoms with Gasteiger partial charge in [0.1, 0.15) is 83.3 Å². The number of carbonyl (C=O) groups excluding carboxylic acids is 7. The van der Waals surface area contributed by atoms with Crippen LogP contribution < -0.4 is 26.4 Å². The Labute approximate surface area is 560 Å². The van der Waals surface area contributed by atoms with Gasteiger partial charge in [-0.05, 0) is 74.9 Å². The number of aliphatic hydroxyl groups is 2. The van der Waals surface area contributed by atoms with E-state index >= 15 is 4.79 Å². The van der Waals surface area contributed by atoms with Crippen LogP contribution in [0.2, 0.25) is 0 Å². The molecule has 2 fully saturated rings. The molecule has 24 nitrogen and oxygen atoms in total. The molecule has 1 saturated heterocycles. The summed E-state index contributed by atoms with van der Waals surface area (Å²) in [5.74, 6) is -6.25. The summed E-state index contributed by atoms with van der Waals surface area (Å²) in [5.41, 5.74) is 8.96. The number of aryl methyl sites for hydroxylation is 1. The average Bonchev–Trinajstić information content (AvgIpc) is 1.61. The third kappa shape index (κ3) is 14.3. The highest BCUT2D eigenvalue weighted by Gasteiger charge is 2.46. The van der Waals surface area contributed by atoms with E-state index in [-0.39, 0.29) is 70.6 Å². The number of benzene rings is 2. The smallest absolute Gasteiger partial charge is 0.306 e. The molecule has 1 saturated carbocycles. The maximum atomic E-state index is 15.4. The maximum absolute atomic E-state index is 15.4. The van der Waals surface area contributed by atoms with E-state index < -0.39 is 95.8 Å². The van der Waals surface area contributed by atoms with Crippen molar-refractivity contribution in [2.75, 3.05) is 13.2 Å². The second-order valence-corrected chi connectivity index (χ2v) is 28.8. The third-order valence-corrected chi connectivity index (χ3v) is 22.2. The van der Waals surface area contributed by atoms with Gasteiger partial charge in [-0.3, -0.25) is 38.4 Å². The van der Waals surface area contributed by atoms with Crippen LogP contribution in [0.25, 0.3) is 43.4 Å². The van der Waals surface area contributed by atoms with Gasteiger partial charge >= 0.3 is 5.97 Å². The fourth-order valence-electron chi connectivity index (χ4n) is 11.6. The molecule has 10 bridgehead atoms. The zero-order valence-corrected chi connectivity index (χ0v) is 55.3. The quantitative estimate of drug-likeness (QED) is 0.0566. The van der Waals surface area contributed by atoms with E-state index in [1.54, 1.807) is 95.2 Å². The Bertz CT molecular complexity index is 4360. The van der Waals surface area contributed by atoms with Crippen molar-refractivity contribution in [1.29, 1.82) is 0 Å². The summed E-state index contributed by atoms with van der Waals surface area (Å²) in [5, 5.41) is 52.4. The monoisotopic (exact) mass is 1380 g/mol. The second kappa shape index (κ2) is 28.1. The molecule has 8 N–H and O–H groups in total. The third-order valence-electron chi connectivity index (χ3n) is 16.6. The van der Waals surface area contributed by atoms with E-state index in [9.17, 15) is 48.9 Å². The van der Waals surface area contributed by atoms with Gasteiger partial charge in [0, 0.05) is 74.6 Å². The van der Waals surface area contributed by atoms with Crippen LogP contribution in [0.3, 0.4) is 0 Å². The van der Waals surface area contributed by atoms with Crippen molar-refractivity contribution in [2.45, 2.75) is 108 Å². The Balaban J connectivity index is 0.929. The second-order valence-electron chi connectivity index (χ2n) is 23.2. The Morgan fingerprint density at radius 2 is 1.36 bits per heavy atom. The Morgan fingerprint density at radius 3 is 2.10 bits per heavy atom. The lowest BCUT2D eigenvalue weighted by atomic mass is 9.86. The fourth-order valence-corrected chi connectivity index (χ4v) is 17.0. The number of nitrogens with zero attached hydrogens (tertiary/aromatic N) is 8. The largest absolute Gasteiger partial charge is 0.486 e. The molecule has 0 radical (unpaired) electrons. The van der Waals surface area contributed by atoms with Crippen molar-refractivity contribution in [1.82, 2.24) is 55.7 Å². The van der Waals surface area contributed by atoms with Gasteiger partial charge in [0.05, 0.1) is 47.3 Å². The Kier molecular flexibility index (Phi) is 19.5. The molecular formula is C64H60N12O12S6. The first-order chi connectivity index (χ1) is 45.2. The molecule has 9 aromatic rings. The number of aliphatic carboxylic acids is 1. The number of carboxylic acids is 1. The number of hydrogen-bond donors (Lipinski definition) is 7. The number of ketones is 2. The molecule has 9 heterocycles. The van der Waals surface area contributed by atoms with Crippen LogP contribution in [-0.2, 0) is 25.6 Å². The summed E-state index contributed by atoms with van der Waals surface area (Å²) in [6.45, 7) is 4.65. The first kappa shape index (κ1) is 65.3. The topological polar surface area (TPSA) is 362 Å². The van der Waals surface area contributed by atoms with Crippen molar-refractivity contribution < 1.29 is 58.4 Å². The van der Waals surface area contributed by atoms with Gasteiger partial charge in [0.25, 0.3) is 17.7 Å². The lowest BCUT2D eigenvalue weighted by molar-refractivity contribution is -0.143. The highest BCUT2D eigenvalue weighted by molar-refractivity contribution is 7.15. The van der Waals surface area contributed by atoms with Gasteiger partial charge in [-0.1, -0.05) is 49.4 Å². The molecule has 7 atom stereocenters. The standard InChI is InChI=1S/C64H60N12O12S6/c1-29(77)23-88-36-15-9-32(10-16-36)19-41-63(85)76-22-48(79)30(2)52(76)62-74-46(28-93-62)60-70-42(24-91-60)51-37(17-18-39(67-51)59-73-43(27-92-59)54(82)66-35-13-11-34(12-14-35)64(86)87)57-71-44(25-89-57)55(83)68-40(21-49(65)80)61-75-50(31(3)94-61)47(78)20-38(53(81)33-7-5-4-6-8-33)58-72-45(26-90-58)56(84)69-41/h4-10,15-18,24-28,30,34-35,38,40-41,48,52-53,79,81H,11-14,19-23H2,1-3H3,(H2,65,80)(H,66,82)(H,68,83)(H,69,84)(H,86,87)/t30-,34?,35?,38-,40-,41-,48-,52-,53+/m0/s1. The summed E-state index contributed by atoms with van der Waals surface area (Å²) in [7, 11) is 0. The normalized spacial score (nSPS) is 21.4. The number of nitrogens with one attached hydrogen (secondary N) is 3. The van der Waals surface area contributed by atoms with Gasteiger partial charge in [-0.25, -0.2) is 34.9 Å². The van der Waals surface area contributed by atoms with Gasteiger partial charge in [0.2, 0.25) is 11.8 Å². The molecule has 1 aliphatic carbocycles. The van der Waals surface area contributed by atoms with Crippen LogP contribution in [0.5, 0.6) is 5.75 Å². The molecule has 12 rings (SSSR count). The highest BCUT2D eigenvalue weighted by atomic mass is 32.1. The minimum Gasteiger partial charge on any atom is -0.486 e. The zero-order valence-electron chi connectivity index (χ0n) is 50.4. The zero-order chi connectivity index (χ0) is 66.1. The summed E-state index contributed by atoms with van der Waals surface area (Å²) < 4.78 is 5.61. The van der Waals surface area contributed by atoms with Gasteiger partial charge < -0.3 is 46.6 Å². The van der Waals surface area contributed by atoms with E-state index in [1.165, 1.54) is 51.2 Å². The minimum atomic E-state index is -1.32. The number of amides is 5. The van der Waals surface area contributed by atoms with Crippen molar-refractivity contribution in [3.05, 3.63) is 147 Å². The Hall–Kier alpha value is -8.75. The number of ether oxygens (including phenoxy) is 1. The summed E-state index contributed by atoms with van der Waals surface area (Å²) in [6, 6.07) is 15.5. The molecule has 0 unspecified atom stereocenters. The van der Waals surface area contributed by atoms with E-state index in [0.717, 1.165) is 34.0 Å². The van der Waals surface area contributed by atoms with Crippen molar-refractivity contribution in [3.63, 3.8) is 0 Å². The van der Waals surface area contributed by atoms with Gasteiger partial charge in [0.15, 0.2) is 11.6 Å². The maximum Gasteiger partial charge on any atom is 0.306 e. The van der Waals surface area contributed by atoms with Crippen LogP contribution in [0.1, 0.15) is 149 Å². The number of pyridine rings is 1. The van der Waals surface area contributed by atoms with E-state index in [0.29, 0.717) is 95.8 Å². The number of aliphatic hydroxyl groups excluding tert-OH is 2. The minimum absolute atomic E-state index is 0.0133. The molecule has 5 amide bonds. The lowest BCUT2D eigenvalue weighted by Gasteiger charge is -2.29. The molecule has 0 spiro atoms. The predicted octanol–water partition coefficient (Wildman–Crippen LogP) is 8.81. The number of rotatable bonds is 13. The number of nitrogens with two attached hydrogens (primary N) is 1. The number of thiazole rings is 6. The molecule has 2 aromatic carbocycles. The number of fused-ring (bicyclic) bond motifs is 16. The van der Waals surface area contributed by atoms with Crippen LogP contribution in [0.15, 0.2) is 93.6 Å². The number of carbonyl (C=O) groups is 8. The number of Topliss-reactive ketones (excluding diaryl/α,β-unsaturated/α-hetero) is 2. The highest BCUT2D eigenvalue weighted by Crippen LogP contribution is 2.44. The Morgan fingerprint density at radius 1 is 0.713 bits per heavy atom. The first-order valence-corrected chi connectivity index (χ1v) is 35.1. The lowest BCUT2D eigenvalue weighted by Crippen LogP contribution is -2.50. The van der Waals surface area contributed by atoms with Gasteiger partial charge in [-0.15, -0.1) is 68.0 Å². The van der Waals surface area contributed by atoms with Crippen LogP contribution in [-0.4, -0.2) is 134 Å². The van der Waals surface area contributed by atoms with Crippen molar-refractivity contribution >= 4 is 115 Å². The molecule has 484 valence electrons. The van der Waals surface area contributed by atoms with Crippen LogP contribution in [0, 0.1) is 18.8 Å². The molecule has 7 aromatic heterocycles. The van der Waals surface area contributed by atoms with Crippen molar-refractivity contribution in [2.24, 2.45) is 17.6 Å². The molecule has 30 heteroatoms. The summed E-state index contributed by atoms with van der Waals surface area (Å²) in [6.07, 6.45) is -1.15. The number of aromatic nitrogens is 7. The number of hydrogen-bond acceptors (Lipinski definition) is 24. The van der Waals surface area contributed by atoms with E-state index in [2.05, 4.69) is 20.9 Å². The molecular weight excluding hydrogens is 1320 g/mol. The fraction of sp³-hybridized carbons (Fsp3) is 0.328. The molecule has 2 aliphatic heterocycles. The summed E-state index contributed by atoms with van der Waals surface area (Å²) >= 11 is 6.99. The van der Waals surface area contributed by atoms with E-state index in [4.69, 9.17) is 40.4 Å². The SMILES string of the molecule is CC(=O)COc1ccc(C[C@@H]2NC(=O)c3csc(n3)[C@H]([C@H](O)c3ccccc3)CC(=O)c3nc(sc3C)[C@H](CC(N)=O)NC(=O)c3csc(n3)-c3ccc(-c4nc(C(=O)NC5CCC(C(=O)O)CC5)cs4)nc3-c3csc(n3)-c3csc(n3)[C@@H]3[C@@H](C)[C@@H](O)CN3C2=O)cc1. The molecule has 94 heavy (non-hydrogen) atoms. The van der Waals surface area contributed by atoms with Crippen LogP contribution in [0.4, 0.5) is 0 Å². The van der Waals surface area contributed by atoms with Crippen molar-refractivity contribution in [3.8, 4) is 49.1 Å².